The number of hydrogen-bond donors (Lipinski definition) is 1. The molecule has 4 saturated carbocycles. The molecule has 1 nitrogen and oxygen atoms in total. The maximum absolute atomic E-state index is 10.5. The molecule has 4 fully saturated rings. The zero-order chi connectivity index (χ0) is 14.8. The van der Waals surface area contributed by atoms with E-state index < -0.39 is 0 Å². The van der Waals surface area contributed by atoms with Gasteiger partial charge in [0.05, 0.1) is 0 Å². The fraction of sp³-hybridized carbons (Fsp3) is 0.700. The molecule has 21 heavy (non-hydrogen) atoms. The van der Waals surface area contributed by atoms with Crippen molar-refractivity contribution < 1.29 is 5.11 Å². The van der Waals surface area contributed by atoms with Gasteiger partial charge in [-0.2, -0.15) is 0 Å². The second kappa shape index (κ2) is 4.51. The molecule has 114 valence electrons. The van der Waals surface area contributed by atoms with E-state index in [-0.39, 0.29) is 5.41 Å². The predicted molar refractivity (Wildman–Crippen MR) is 86.6 cm³/mol. The first-order valence-corrected chi connectivity index (χ1v) is 8.75. The molecule has 5 rings (SSSR count). The topological polar surface area (TPSA) is 20.2 Å². The maximum Gasteiger partial charge on any atom is 0.119 e. The van der Waals surface area contributed by atoms with Gasteiger partial charge < -0.3 is 5.11 Å². The summed E-state index contributed by atoms with van der Waals surface area (Å²) in [6, 6.07) is 6.37. The van der Waals surface area contributed by atoms with Crippen molar-refractivity contribution in [2.45, 2.75) is 64.2 Å². The van der Waals surface area contributed by atoms with Gasteiger partial charge in [-0.1, -0.05) is 32.9 Å². The molecule has 0 radical (unpaired) electrons. The Morgan fingerprint density at radius 2 is 1.48 bits per heavy atom. The second-order valence-corrected chi connectivity index (χ2v) is 8.98. The molecule has 0 saturated heterocycles. The summed E-state index contributed by atoms with van der Waals surface area (Å²) in [4.78, 5) is 0. The highest BCUT2D eigenvalue weighted by Crippen LogP contribution is 2.60. The van der Waals surface area contributed by atoms with Crippen LogP contribution >= 0.6 is 0 Å². The van der Waals surface area contributed by atoms with Crippen molar-refractivity contribution in [2.24, 2.45) is 23.7 Å². The molecule has 0 amide bonds. The Morgan fingerprint density at radius 1 is 0.905 bits per heavy atom. The Balaban J connectivity index is 1.73. The Kier molecular flexibility index (Phi) is 2.93. The van der Waals surface area contributed by atoms with E-state index in [4.69, 9.17) is 0 Å². The minimum atomic E-state index is 0.161. The molecule has 0 atom stereocenters. The standard InChI is InChI=1S/C20H28O/c1-20(2,3)16-4-5-18(21)17(11-16)19-14-7-12-6-13(9-14)10-15(19)8-12/h4-5,11-15,19,21H,6-10H2,1-3H3. The van der Waals surface area contributed by atoms with E-state index >= 15 is 0 Å². The first-order valence-electron chi connectivity index (χ1n) is 8.75. The van der Waals surface area contributed by atoms with E-state index in [1.165, 1.54) is 43.2 Å². The molecule has 4 aliphatic carbocycles. The number of hydrogen-bond acceptors (Lipinski definition) is 1. The third-order valence-electron chi connectivity index (χ3n) is 6.48. The fourth-order valence-electron chi connectivity index (χ4n) is 5.72. The van der Waals surface area contributed by atoms with Crippen LogP contribution in [-0.2, 0) is 5.41 Å². The Hall–Kier alpha value is -0.980. The van der Waals surface area contributed by atoms with Gasteiger partial charge in [0.1, 0.15) is 5.75 Å². The van der Waals surface area contributed by atoms with E-state index in [0.29, 0.717) is 11.7 Å². The lowest BCUT2D eigenvalue weighted by Crippen LogP contribution is -2.43. The van der Waals surface area contributed by atoms with Gasteiger partial charge in [0, 0.05) is 0 Å². The average molecular weight is 284 g/mol. The lowest BCUT2D eigenvalue weighted by Gasteiger charge is -2.54. The number of phenols is 1. The summed E-state index contributed by atoms with van der Waals surface area (Å²) in [5.41, 5.74) is 2.79. The normalized spacial score (nSPS) is 38.0. The lowest BCUT2D eigenvalue weighted by atomic mass is 9.50. The second-order valence-electron chi connectivity index (χ2n) is 8.98. The van der Waals surface area contributed by atoms with Crippen LogP contribution in [-0.4, -0.2) is 5.11 Å². The molecule has 1 heteroatoms. The van der Waals surface area contributed by atoms with Gasteiger partial charge in [0.2, 0.25) is 0 Å². The van der Waals surface area contributed by atoms with Gasteiger partial charge in [-0.15, -0.1) is 0 Å². The van der Waals surface area contributed by atoms with Crippen LogP contribution in [0.2, 0.25) is 0 Å². The minimum Gasteiger partial charge on any atom is -0.508 e. The average Bonchev–Trinajstić information content (AvgIpc) is 2.38. The summed E-state index contributed by atoms with van der Waals surface area (Å²) in [6.45, 7) is 6.79. The van der Waals surface area contributed by atoms with Crippen molar-refractivity contribution in [1.82, 2.24) is 0 Å². The van der Waals surface area contributed by atoms with Gasteiger partial charge in [0.15, 0.2) is 0 Å². The van der Waals surface area contributed by atoms with Gasteiger partial charge in [-0.25, -0.2) is 0 Å². The van der Waals surface area contributed by atoms with E-state index in [1.807, 2.05) is 6.07 Å². The third kappa shape index (κ3) is 2.20. The van der Waals surface area contributed by atoms with Crippen LogP contribution in [0.4, 0.5) is 0 Å². The van der Waals surface area contributed by atoms with Gasteiger partial charge in [0.25, 0.3) is 0 Å². The highest BCUT2D eigenvalue weighted by Gasteiger charge is 2.49. The van der Waals surface area contributed by atoms with Crippen LogP contribution in [0.5, 0.6) is 5.75 Å². The maximum atomic E-state index is 10.5. The first-order chi connectivity index (χ1) is 9.91. The van der Waals surface area contributed by atoms with Gasteiger partial charge >= 0.3 is 0 Å². The number of phenolic OH excluding ortho intramolecular Hbond substituents is 1. The number of rotatable bonds is 1. The molecule has 0 spiro atoms. The lowest BCUT2D eigenvalue weighted by molar-refractivity contribution is -0.00351. The molecular weight excluding hydrogens is 256 g/mol. The first kappa shape index (κ1) is 13.7. The zero-order valence-corrected chi connectivity index (χ0v) is 13.6. The third-order valence-corrected chi connectivity index (χ3v) is 6.48. The van der Waals surface area contributed by atoms with E-state index in [2.05, 4.69) is 32.9 Å². The van der Waals surface area contributed by atoms with E-state index in [9.17, 15) is 5.11 Å². The van der Waals surface area contributed by atoms with Crippen LogP contribution in [0.25, 0.3) is 0 Å². The quantitative estimate of drug-likeness (QED) is 0.748. The van der Waals surface area contributed by atoms with Crippen molar-refractivity contribution in [1.29, 1.82) is 0 Å². The minimum absolute atomic E-state index is 0.161. The largest absolute Gasteiger partial charge is 0.508 e. The zero-order valence-electron chi connectivity index (χ0n) is 13.6. The molecule has 1 aromatic carbocycles. The Morgan fingerprint density at radius 3 is 2.00 bits per heavy atom. The van der Waals surface area contributed by atoms with Crippen LogP contribution in [0, 0.1) is 23.7 Å². The molecule has 1 N–H and O–H groups in total. The summed E-state index contributed by atoms with van der Waals surface area (Å²) in [6.07, 6.45) is 7.15. The molecule has 4 aliphatic rings. The number of aromatic hydroxyl groups is 1. The number of benzene rings is 1. The smallest absolute Gasteiger partial charge is 0.119 e. The Labute approximate surface area is 128 Å². The molecule has 4 bridgehead atoms. The highest BCUT2D eigenvalue weighted by atomic mass is 16.3. The van der Waals surface area contributed by atoms with Crippen molar-refractivity contribution >= 4 is 0 Å². The summed E-state index contributed by atoms with van der Waals surface area (Å²) in [5.74, 6) is 4.83. The van der Waals surface area contributed by atoms with Crippen molar-refractivity contribution in [2.75, 3.05) is 0 Å². The van der Waals surface area contributed by atoms with Gasteiger partial charge in [-0.05, 0) is 84.3 Å². The fourth-order valence-corrected chi connectivity index (χ4v) is 5.72. The summed E-state index contributed by atoms with van der Waals surface area (Å²) in [7, 11) is 0. The van der Waals surface area contributed by atoms with Crippen LogP contribution in [0.3, 0.4) is 0 Å². The molecular formula is C20H28O. The van der Waals surface area contributed by atoms with Crippen molar-refractivity contribution in [3.8, 4) is 5.75 Å². The molecule has 1 aromatic rings. The van der Waals surface area contributed by atoms with Crippen molar-refractivity contribution in [3.05, 3.63) is 29.3 Å². The SMILES string of the molecule is CC(C)(C)c1ccc(O)c(C2C3CC4CC(C3)CC2C4)c1. The van der Waals surface area contributed by atoms with E-state index in [0.717, 1.165) is 23.7 Å². The van der Waals surface area contributed by atoms with Gasteiger partial charge in [-0.3, -0.25) is 0 Å². The van der Waals surface area contributed by atoms with Crippen LogP contribution < -0.4 is 0 Å². The molecule has 0 heterocycles. The van der Waals surface area contributed by atoms with Crippen LogP contribution in [0.1, 0.15) is 69.9 Å². The van der Waals surface area contributed by atoms with E-state index in [1.54, 1.807) is 0 Å². The summed E-state index contributed by atoms with van der Waals surface area (Å²) >= 11 is 0. The summed E-state index contributed by atoms with van der Waals surface area (Å²) < 4.78 is 0. The molecule has 0 unspecified atom stereocenters. The molecule has 0 aliphatic heterocycles. The summed E-state index contributed by atoms with van der Waals surface area (Å²) in [5, 5.41) is 10.5. The predicted octanol–water partition coefficient (Wildman–Crippen LogP) is 5.23. The monoisotopic (exact) mass is 284 g/mol. The molecule has 0 aromatic heterocycles. The van der Waals surface area contributed by atoms with Crippen LogP contribution in [0.15, 0.2) is 18.2 Å². The highest BCUT2D eigenvalue weighted by molar-refractivity contribution is 5.42. The Bertz CT molecular complexity index is 523. The van der Waals surface area contributed by atoms with Crippen molar-refractivity contribution in [3.63, 3.8) is 0 Å².